The number of H-pyrrole nitrogens is 1. The van der Waals surface area contributed by atoms with Crippen molar-refractivity contribution in [1.29, 1.82) is 0 Å². The molecule has 0 radical (unpaired) electrons. The van der Waals surface area contributed by atoms with Gasteiger partial charge >= 0.3 is 5.97 Å². The summed E-state index contributed by atoms with van der Waals surface area (Å²) in [6, 6.07) is 10.8. The molecule has 0 bridgehead atoms. The van der Waals surface area contributed by atoms with E-state index in [1.807, 2.05) is 30.5 Å². The highest BCUT2D eigenvalue weighted by Crippen LogP contribution is 2.17. The van der Waals surface area contributed by atoms with Gasteiger partial charge in [0.05, 0.1) is 5.56 Å². The van der Waals surface area contributed by atoms with Crippen LogP contribution < -0.4 is 5.32 Å². The molecule has 0 spiro atoms. The van der Waals surface area contributed by atoms with E-state index in [1.54, 1.807) is 0 Å². The molecule has 2 aromatic heterocycles. The SMILES string of the molecule is O=C(O)c1cccnc1C(=O)NCCc1c[nH]c2ccccc12. The van der Waals surface area contributed by atoms with Crippen LogP contribution in [0.3, 0.4) is 0 Å². The summed E-state index contributed by atoms with van der Waals surface area (Å²) in [5.74, 6) is -1.65. The van der Waals surface area contributed by atoms with Crippen molar-refractivity contribution in [3.05, 3.63) is 65.6 Å². The number of aromatic carboxylic acids is 1. The van der Waals surface area contributed by atoms with Crippen molar-refractivity contribution < 1.29 is 14.7 Å². The molecule has 3 rings (SSSR count). The fraction of sp³-hybridized carbons (Fsp3) is 0.118. The fourth-order valence-corrected chi connectivity index (χ4v) is 2.49. The molecule has 0 aliphatic carbocycles. The number of carbonyl (C=O) groups is 2. The number of fused-ring (bicyclic) bond motifs is 1. The number of hydrogen-bond acceptors (Lipinski definition) is 3. The molecule has 2 heterocycles. The predicted molar refractivity (Wildman–Crippen MR) is 85.5 cm³/mol. The molecule has 0 fully saturated rings. The van der Waals surface area contributed by atoms with E-state index >= 15 is 0 Å². The Kier molecular flexibility index (Phi) is 4.05. The van der Waals surface area contributed by atoms with Crippen LogP contribution in [-0.4, -0.2) is 33.5 Å². The van der Waals surface area contributed by atoms with Gasteiger partial charge in [-0.05, 0) is 30.2 Å². The summed E-state index contributed by atoms with van der Waals surface area (Å²) in [5, 5.41) is 12.9. The first-order valence-electron chi connectivity index (χ1n) is 7.18. The first-order chi connectivity index (χ1) is 11.2. The van der Waals surface area contributed by atoms with E-state index in [-0.39, 0.29) is 11.3 Å². The van der Waals surface area contributed by atoms with Gasteiger partial charge in [0, 0.05) is 29.8 Å². The lowest BCUT2D eigenvalue weighted by Gasteiger charge is -2.06. The lowest BCUT2D eigenvalue weighted by molar-refractivity contribution is 0.0690. The van der Waals surface area contributed by atoms with Gasteiger partial charge in [0.2, 0.25) is 0 Å². The smallest absolute Gasteiger partial charge is 0.338 e. The Morgan fingerprint density at radius 3 is 2.83 bits per heavy atom. The zero-order chi connectivity index (χ0) is 16.2. The predicted octanol–water partition coefficient (Wildman–Crippen LogP) is 2.23. The number of rotatable bonds is 5. The number of aromatic nitrogens is 2. The highest BCUT2D eigenvalue weighted by atomic mass is 16.4. The molecule has 23 heavy (non-hydrogen) atoms. The molecule has 0 saturated heterocycles. The quantitative estimate of drug-likeness (QED) is 0.673. The number of hydrogen-bond donors (Lipinski definition) is 3. The number of carboxylic acid groups (broad SMARTS) is 1. The van der Waals surface area contributed by atoms with Crippen LogP contribution in [-0.2, 0) is 6.42 Å². The standard InChI is InChI=1S/C17H15N3O3/c21-16(15-13(17(22)23)5-3-8-18-15)19-9-7-11-10-20-14-6-2-1-4-12(11)14/h1-6,8,10,20H,7,9H2,(H,19,21)(H,22,23). The Bertz CT molecular complexity index is 870. The number of para-hydroxylation sites is 1. The summed E-state index contributed by atoms with van der Waals surface area (Å²) in [7, 11) is 0. The fourth-order valence-electron chi connectivity index (χ4n) is 2.49. The maximum atomic E-state index is 12.1. The van der Waals surface area contributed by atoms with E-state index in [0.717, 1.165) is 16.5 Å². The number of amides is 1. The number of nitrogens with one attached hydrogen (secondary N) is 2. The van der Waals surface area contributed by atoms with Crippen molar-refractivity contribution in [3.8, 4) is 0 Å². The van der Waals surface area contributed by atoms with E-state index in [1.165, 1.54) is 18.3 Å². The van der Waals surface area contributed by atoms with Gasteiger partial charge in [0.1, 0.15) is 5.69 Å². The lowest BCUT2D eigenvalue weighted by atomic mass is 10.1. The summed E-state index contributed by atoms with van der Waals surface area (Å²) >= 11 is 0. The molecule has 0 aliphatic heterocycles. The van der Waals surface area contributed by atoms with E-state index in [4.69, 9.17) is 5.11 Å². The molecule has 0 unspecified atom stereocenters. The Hall–Kier alpha value is -3.15. The molecule has 1 aromatic carbocycles. The maximum absolute atomic E-state index is 12.1. The molecular formula is C17H15N3O3. The summed E-state index contributed by atoms with van der Waals surface area (Å²) in [5.41, 5.74) is 1.98. The van der Waals surface area contributed by atoms with Crippen LogP contribution in [0.1, 0.15) is 26.4 Å². The van der Waals surface area contributed by atoms with Gasteiger partial charge in [0.15, 0.2) is 0 Å². The minimum absolute atomic E-state index is 0.0704. The first kappa shape index (κ1) is 14.8. The normalized spacial score (nSPS) is 10.6. The minimum atomic E-state index is -1.17. The van der Waals surface area contributed by atoms with Crippen LogP contribution in [0, 0.1) is 0 Å². The van der Waals surface area contributed by atoms with Crippen LogP contribution >= 0.6 is 0 Å². The molecular weight excluding hydrogens is 294 g/mol. The van der Waals surface area contributed by atoms with Crippen molar-refractivity contribution in [2.24, 2.45) is 0 Å². The number of aromatic amines is 1. The van der Waals surface area contributed by atoms with Gasteiger partial charge < -0.3 is 15.4 Å². The highest BCUT2D eigenvalue weighted by molar-refractivity contribution is 6.03. The van der Waals surface area contributed by atoms with Crippen molar-refractivity contribution in [1.82, 2.24) is 15.3 Å². The average molecular weight is 309 g/mol. The van der Waals surface area contributed by atoms with Gasteiger partial charge in [-0.25, -0.2) is 4.79 Å². The summed E-state index contributed by atoms with van der Waals surface area (Å²) in [4.78, 5) is 30.3. The van der Waals surface area contributed by atoms with Crippen molar-refractivity contribution in [2.45, 2.75) is 6.42 Å². The van der Waals surface area contributed by atoms with Crippen LogP contribution in [0.2, 0.25) is 0 Å². The number of pyridine rings is 1. The van der Waals surface area contributed by atoms with Crippen molar-refractivity contribution in [3.63, 3.8) is 0 Å². The van der Waals surface area contributed by atoms with Gasteiger partial charge in [0.25, 0.3) is 5.91 Å². The van der Waals surface area contributed by atoms with Crippen molar-refractivity contribution in [2.75, 3.05) is 6.54 Å². The Morgan fingerprint density at radius 1 is 1.17 bits per heavy atom. The summed E-state index contributed by atoms with van der Waals surface area (Å²) < 4.78 is 0. The molecule has 1 amide bonds. The number of carboxylic acids is 1. The van der Waals surface area contributed by atoms with E-state index in [9.17, 15) is 9.59 Å². The third-order valence-electron chi connectivity index (χ3n) is 3.61. The highest BCUT2D eigenvalue weighted by Gasteiger charge is 2.17. The third kappa shape index (κ3) is 3.06. The largest absolute Gasteiger partial charge is 0.478 e. The second-order valence-electron chi connectivity index (χ2n) is 5.07. The molecule has 6 nitrogen and oxygen atoms in total. The first-order valence-corrected chi connectivity index (χ1v) is 7.18. The Morgan fingerprint density at radius 2 is 2.00 bits per heavy atom. The van der Waals surface area contributed by atoms with Gasteiger partial charge in [-0.3, -0.25) is 9.78 Å². The topological polar surface area (TPSA) is 95.1 Å². The van der Waals surface area contributed by atoms with E-state index in [2.05, 4.69) is 15.3 Å². The molecule has 0 aliphatic rings. The third-order valence-corrected chi connectivity index (χ3v) is 3.61. The zero-order valence-electron chi connectivity index (χ0n) is 12.2. The second-order valence-corrected chi connectivity index (χ2v) is 5.07. The molecule has 6 heteroatoms. The van der Waals surface area contributed by atoms with Gasteiger partial charge in [-0.2, -0.15) is 0 Å². The number of benzene rings is 1. The Balaban J connectivity index is 1.67. The van der Waals surface area contributed by atoms with Crippen LogP contribution in [0.4, 0.5) is 0 Å². The van der Waals surface area contributed by atoms with E-state index in [0.29, 0.717) is 13.0 Å². The monoisotopic (exact) mass is 309 g/mol. The number of carbonyl (C=O) groups excluding carboxylic acids is 1. The molecule has 0 saturated carbocycles. The van der Waals surface area contributed by atoms with Crippen LogP contribution in [0.15, 0.2) is 48.8 Å². The minimum Gasteiger partial charge on any atom is -0.478 e. The zero-order valence-corrected chi connectivity index (χ0v) is 12.2. The van der Waals surface area contributed by atoms with Crippen LogP contribution in [0.25, 0.3) is 10.9 Å². The summed E-state index contributed by atoms with van der Waals surface area (Å²) in [6.45, 7) is 0.399. The lowest BCUT2D eigenvalue weighted by Crippen LogP contribution is -2.28. The summed E-state index contributed by atoms with van der Waals surface area (Å²) in [6.07, 6.45) is 3.96. The maximum Gasteiger partial charge on any atom is 0.338 e. The number of nitrogens with zero attached hydrogens (tertiary/aromatic N) is 1. The van der Waals surface area contributed by atoms with Crippen molar-refractivity contribution >= 4 is 22.8 Å². The average Bonchev–Trinajstić information content (AvgIpc) is 2.98. The Labute approximate surface area is 132 Å². The molecule has 3 aromatic rings. The molecule has 0 atom stereocenters. The van der Waals surface area contributed by atoms with E-state index < -0.39 is 11.9 Å². The second kappa shape index (κ2) is 6.31. The van der Waals surface area contributed by atoms with Gasteiger partial charge in [-0.1, -0.05) is 18.2 Å². The molecule has 116 valence electrons. The molecule has 3 N–H and O–H groups in total. The van der Waals surface area contributed by atoms with Gasteiger partial charge in [-0.15, -0.1) is 0 Å². The van der Waals surface area contributed by atoms with Crippen LogP contribution in [0.5, 0.6) is 0 Å².